The molecule has 0 aromatic heterocycles. The molecule has 172 valence electrons. The van der Waals surface area contributed by atoms with Gasteiger partial charge in [-0.1, -0.05) is 26.2 Å². The smallest absolute Gasteiger partial charge is 0.187 e. The average Bonchev–Trinajstić information content (AvgIpc) is 2.72. The number of hydrogen-bond acceptors (Lipinski definition) is 11. The predicted molar refractivity (Wildman–Crippen MR) is 96.5 cm³/mol. The van der Waals surface area contributed by atoms with Crippen molar-refractivity contribution in [3.63, 3.8) is 0 Å². The lowest BCUT2D eigenvalue weighted by Crippen LogP contribution is -2.64. The summed E-state index contributed by atoms with van der Waals surface area (Å²) in [5, 5.41) is 69.4. The van der Waals surface area contributed by atoms with Crippen LogP contribution in [0.15, 0.2) is 0 Å². The first-order chi connectivity index (χ1) is 13.8. The number of rotatable bonds is 10. The van der Waals surface area contributed by atoms with Crippen molar-refractivity contribution in [2.24, 2.45) is 0 Å². The second-order valence-electron chi connectivity index (χ2n) is 7.44. The van der Waals surface area contributed by atoms with Gasteiger partial charge in [0, 0.05) is 6.61 Å². The lowest BCUT2D eigenvalue weighted by molar-refractivity contribution is -0.359. The Balaban J connectivity index is 1.98. The molecule has 11 nitrogen and oxygen atoms in total. The highest BCUT2D eigenvalue weighted by atomic mass is 16.7. The van der Waals surface area contributed by atoms with E-state index < -0.39 is 74.6 Å². The minimum absolute atomic E-state index is 0.310. The fraction of sp³-hybridized carbons (Fsp3) is 1.00. The largest absolute Gasteiger partial charge is 0.394 e. The zero-order chi connectivity index (χ0) is 21.6. The Morgan fingerprint density at radius 3 is 1.93 bits per heavy atom. The van der Waals surface area contributed by atoms with Crippen LogP contribution in [0.4, 0.5) is 0 Å². The molecule has 11 heteroatoms. The summed E-state index contributed by atoms with van der Waals surface area (Å²) in [7, 11) is 0. The van der Waals surface area contributed by atoms with Gasteiger partial charge in [-0.15, -0.1) is 0 Å². The van der Waals surface area contributed by atoms with Crippen molar-refractivity contribution in [3.8, 4) is 0 Å². The van der Waals surface area contributed by atoms with Crippen molar-refractivity contribution in [2.45, 2.75) is 94.0 Å². The van der Waals surface area contributed by atoms with Gasteiger partial charge in [0.05, 0.1) is 13.2 Å². The van der Waals surface area contributed by atoms with Crippen LogP contribution in [-0.2, 0) is 18.9 Å². The third-order valence-electron chi connectivity index (χ3n) is 5.24. The van der Waals surface area contributed by atoms with Gasteiger partial charge >= 0.3 is 0 Å². The highest BCUT2D eigenvalue weighted by molar-refractivity contribution is 4.94. The maximum atomic E-state index is 10.5. The van der Waals surface area contributed by atoms with Gasteiger partial charge in [-0.05, 0) is 6.42 Å². The highest BCUT2D eigenvalue weighted by Gasteiger charge is 2.50. The van der Waals surface area contributed by atoms with E-state index in [0.717, 1.165) is 25.7 Å². The topological polar surface area (TPSA) is 179 Å². The van der Waals surface area contributed by atoms with Crippen LogP contribution < -0.4 is 0 Å². The summed E-state index contributed by atoms with van der Waals surface area (Å²) < 4.78 is 21.7. The zero-order valence-corrected chi connectivity index (χ0v) is 16.5. The molecule has 0 amide bonds. The Morgan fingerprint density at radius 2 is 1.31 bits per heavy atom. The standard InChI is InChI=1S/C18H34O11/c1-2-3-4-5-6-26-17-15(25)13(23)16(10(8-20)28-17)29-18-14(24)12(22)11(21)9(7-19)27-18/h9-25H,2-8H2,1H3/t9-,10-,11-,12+,13-,14-,15-,16+,17-,18-/m1/s1. The van der Waals surface area contributed by atoms with Crippen LogP contribution in [0, 0.1) is 0 Å². The summed E-state index contributed by atoms with van der Waals surface area (Å²) in [5.41, 5.74) is 0. The maximum Gasteiger partial charge on any atom is 0.187 e. The van der Waals surface area contributed by atoms with Crippen molar-refractivity contribution >= 4 is 0 Å². The normalized spacial score (nSPS) is 43.4. The molecule has 0 aromatic carbocycles. The van der Waals surface area contributed by atoms with Crippen LogP contribution in [0.3, 0.4) is 0 Å². The van der Waals surface area contributed by atoms with Crippen molar-refractivity contribution < 1.29 is 54.7 Å². The quantitative estimate of drug-likeness (QED) is 0.180. The second-order valence-corrected chi connectivity index (χ2v) is 7.44. The van der Waals surface area contributed by atoms with Crippen molar-refractivity contribution in [1.29, 1.82) is 0 Å². The number of ether oxygens (including phenoxy) is 4. The van der Waals surface area contributed by atoms with Crippen LogP contribution >= 0.6 is 0 Å². The molecule has 0 aromatic rings. The van der Waals surface area contributed by atoms with Gasteiger partial charge in [0.2, 0.25) is 0 Å². The van der Waals surface area contributed by atoms with Crippen LogP contribution in [0.25, 0.3) is 0 Å². The van der Waals surface area contributed by atoms with E-state index in [1.165, 1.54) is 0 Å². The molecule has 10 atom stereocenters. The van der Waals surface area contributed by atoms with E-state index in [2.05, 4.69) is 6.92 Å². The Hall–Kier alpha value is -0.440. The predicted octanol–water partition coefficient (Wildman–Crippen LogP) is -2.79. The van der Waals surface area contributed by atoms with Crippen molar-refractivity contribution in [2.75, 3.05) is 19.8 Å². The number of aliphatic hydroxyl groups excluding tert-OH is 7. The fourth-order valence-electron chi connectivity index (χ4n) is 3.42. The van der Waals surface area contributed by atoms with Gasteiger partial charge in [-0.25, -0.2) is 0 Å². The summed E-state index contributed by atoms with van der Waals surface area (Å²) in [5.74, 6) is 0. The molecule has 2 heterocycles. The molecule has 29 heavy (non-hydrogen) atoms. The Kier molecular flexibility index (Phi) is 10.1. The van der Waals surface area contributed by atoms with Gasteiger partial charge in [-0.2, -0.15) is 0 Å². The Bertz CT molecular complexity index is 463. The molecule has 0 spiro atoms. The summed E-state index contributed by atoms with van der Waals surface area (Å²) in [6, 6.07) is 0. The fourth-order valence-corrected chi connectivity index (χ4v) is 3.42. The highest BCUT2D eigenvalue weighted by Crippen LogP contribution is 2.29. The first-order valence-electron chi connectivity index (χ1n) is 10.1. The maximum absolute atomic E-state index is 10.5. The third kappa shape index (κ3) is 6.05. The van der Waals surface area contributed by atoms with E-state index in [1.807, 2.05) is 0 Å². The van der Waals surface area contributed by atoms with E-state index in [-0.39, 0.29) is 0 Å². The van der Waals surface area contributed by atoms with E-state index >= 15 is 0 Å². The molecule has 2 aliphatic heterocycles. The van der Waals surface area contributed by atoms with E-state index in [4.69, 9.17) is 18.9 Å². The number of hydrogen-bond donors (Lipinski definition) is 7. The van der Waals surface area contributed by atoms with Crippen LogP contribution in [-0.4, -0.2) is 117 Å². The van der Waals surface area contributed by atoms with Crippen molar-refractivity contribution in [1.82, 2.24) is 0 Å². The van der Waals surface area contributed by atoms with Gasteiger partial charge in [0.25, 0.3) is 0 Å². The van der Waals surface area contributed by atoms with Crippen LogP contribution in [0.5, 0.6) is 0 Å². The molecule has 2 fully saturated rings. The third-order valence-corrected chi connectivity index (χ3v) is 5.24. The molecule has 2 rings (SSSR count). The van der Waals surface area contributed by atoms with Gasteiger partial charge in [-0.3, -0.25) is 0 Å². The van der Waals surface area contributed by atoms with Crippen LogP contribution in [0.1, 0.15) is 32.6 Å². The van der Waals surface area contributed by atoms with E-state index in [1.54, 1.807) is 0 Å². The average molecular weight is 426 g/mol. The SMILES string of the molecule is CCCCCCO[C@@H]1O[C@H](CO)[C@H](O[C@H]2O[C@H](CO)[C@@H](O)[C@H](O)[C@H]2O)[C@H](O)[C@H]1O. The van der Waals surface area contributed by atoms with Crippen LogP contribution in [0.2, 0.25) is 0 Å². The van der Waals surface area contributed by atoms with E-state index in [0.29, 0.717) is 6.61 Å². The molecule has 2 aliphatic rings. The second kappa shape index (κ2) is 11.8. The summed E-state index contributed by atoms with van der Waals surface area (Å²) in [4.78, 5) is 0. The molecule has 7 N–H and O–H groups in total. The minimum Gasteiger partial charge on any atom is -0.394 e. The molecular formula is C18H34O11. The lowest BCUT2D eigenvalue weighted by Gasteiger charge is -2.45. The summed E-state index contributed by atoms with van der Waals surface area (Å²) >= 11 is 0. The molecule has 2 saturated heterocycles. The number of aliphatic hydroxyl groups is 7. The summed E-state index contributed by atoms with van der Waals surface area (Å²) in [6.45, 7) is 1.16. The first-order valence-corrected chi connectivity index (χ1v) is 10.1. The lowest BCUT2D eigenvalue weighted by atomic mass is 9.97. The first kappa shape index (κ1) is 24.8. The Morgan fingerprint density at radius 1 is 0.690 bits per heavy atom. The van der Waals surface area contributed by atoms with Gasteiger partial charge < -0.3 is 54.7 Å². The molecule has 0 bridgehead atoms. The molecule has 0 aliphatic carbocycles. The monoisotopic (exact) mass is 426 g/mol. The minimum atomic E-state index is -1.69. The summed E-state index contributed by atoms with van der Waals surface area (Å²) in [6.07, 6.45) is -10.5. The molecule has 0 saturated carbocycles. The molecule has 0 unspecified atom stereocenters. The molecule has 0 radical (unpaired) electrons. The Labute approximate surface area is 169 Å². The van der Waals surface area contributed by atoms with Gasteiger partial charge in [0.1, 0.15) is 48.8 Å². The van der Waals surface area contributed by atoms with Crippen molar-refractivity contribution in [3.05, 3.63) is 0 Å². The van der Waals surface area contributed by atoms with E-state index in [9.17, 15) is 35.7 Å². The molecular weight excluding hydrogens is 392 g/mol. The zero-order valence-electron chi connectivity index (χ0n) is 16.5. The van der Waals surface area contributed by atoms with Gasteiger partial charge in [0.15, 0.2) is 12.6 Å². The number of unbranched alkanes of at least 4 members (excludes halogenated alkanes) is 3.